The number of rotatable bonds is 4. The van der Waals surface area contributed by atoms with Gasteiger partial charge >= 0.3 is 0 Å². The lowest BCUT2D eigenvalue weighted by atomic mass is 10.2. The van der Waals surface area contributed by atoms with E-state index in [-0.39, 0.29) is 5.69 Å². The molecule has 0 aliphatic heterocycles. The van der Waals surface area contributed by atoms with Gasteiger partial charge in [-0.2, -0.15) is 5.26 Å². The Labute approximate surface area is 110 Å². The number of hydrogen-bond donors (Lipinski definition) is 0. The Bertz CT molecular complexity index is 588. The monoisotopic (exact) mass is 262 g/mol. The summed E-state index contributed by atoms with van der Waals surface area (Å²) in [4.78, 5) is 0. The minimum absolute atomic E-state index is 0.281. The first-order chi connectivity index (χ1) is 8.76. The largest absolute Gasteiger partial charge is 0.378 e. The van der Waals surface area contributed by atoms with E-state index in [2.05, 4.69) is 10.3 Å². The maximum atomic E-state index is 8.93. The number of nitrogens with zero attached hydrogens (tertiary/aromatic N) is 4. The van der Waals surface area contributed by atoms with E-state index in [1.807, 2.05) is 30.3 Å². The zero-order chi connectivity index (χ0) is 13.0. The molecule has 5 nitrogen and oxygen atoms in total. The van der Waals surface area contributed by atoms with E-state index < -0.39 is 0 Å². The van der Waals surface area contributed by atoms with Gasteiger partial charge in [-0.1, -0.05) is 35.0 Å². The fourth-order valence-corrected chi connectivity index (χ4v) is 1.81. The second kappa shape index (κ2) is 5.63. The molecule has 0 saturated carbocycles. The van der Waals surface area contributed by atoms with Crippen molar-refractivity contribution in [2.45, 2.75) is 13.2 Å². The number of hydrogen-bond acceptors (Lipinski definition) is 4. The zero-order valence-corrected chi connectivity index (χ0v) is 10.6. The number of benzene rings is 1. The van der Waals surface area contributed by atoms with Crippen LogP contribution in [-0.4, -0.2) is 22.1 Å². The summed E-state index contributed by atoms with van der Waals surface area (Å²) < 4.78 is 6.68. The summed E-state index contributed by atoms with van der Waals surface area (Å²) in [6.45, 7) is 0.757. The molecular formula is C12H11ClN4O. The van der Waals surface area contributed by atoms with Crippen LogP contribution < -0.4 is 0 Å². The number of methoxy groups -OCH3 is 1. The predicted octanol–water partition coefficient (Wildman–Crippen LogP) is 2.00. The fourth-order valence-electron chi connectivity index (χ4n) is 1.61. The summed E-state index contributed by atoms with van der Waals surface area (Å²) in [6, 6.07) is 9.48. The van der Waals surface area contributed by atoms with Crippen LogP contribution >= 0.6 is 11.6 Å². The normalized spacial score (nSPS) is 10.3. The highest BCUT2D eigenvalue weighted by atomic mass is 35.5. The third kappa shape index (κ3) is 2.50. The molecular weight excluding hydrogens is 252 g/mol. The summed E-state index contributed by atoms with van der Waals surface area (Å²) in [5, 5.41) is 17.3. The molecule has 0 amide bonds. The Morgan fingerprint density at radius 3 is 2.89 bits per heavy atom. The number of halogens is 1. The molecule has 0 aliphatic rings. The van der Waals surface area contributed by atoms with E-state index in [9.17, 15) is 0 Å². The lowest BCUT2D eigenvalue weighted by Crippen LogP contribution is -2.08. The Kier molecular flexibility index (Phi) is 3.92. The average molecular weight is 263 g/mol. The molecule has 2 aromatic rings. The summed E-state index contributed by atoms with van der Waals surface area (Å²) in [7, 11) is 1.56. The van der Waals surface area contributed by atoms with Gasteiger partial charge in [-0.15, -0.1) is 5.10 Å². The van der Waals surface area contributed by atoms with E-state index >= 15 is 0 Å². The first-order valence-corrected chi connectivity index (χ1v) is 5.69. The summed E-state index contributed by atoms with van der Waals surface area (Å²) in [6.07, 6.45) is 0. The summed E-state index contributed by atoms with van der Waals surface area (Å²) in [5.74, 6) is 0. The van der Waals surface area contributed by atoms with Crippen molar-refractivity contribution >= 4 is 11.6 Å². The van der Waals surface area contributed by atoms with E-state index in [1.54, 1.807) is 11.8 Å². The van der Waals surface area contributed by atoms with E-state index in [0.717, 1.165) is 5.56 Å². The second-order valence-electron chi connectivity index (χ2n) is 3.68. The number of aromatic nitrogens is 3. The van der Waals surface area contributed by atoms with Gasteiger partial charge in [0, 0.05) is 12.1 Å². The van der Waals surface area contributed by atoms with Gasteiger partial charge in [0.15, 0.2) is 5.69 Å². The van der Waals surface area contributed by atoms with Crippen molar-refractivity contribution in [1.29, 1.82) is 5.26 Å². The van der Waals surface area contributed by atoms with Crippen LogP contribution in [0.1, 0.15) is 17.0 Å². The first kappa shape index (κ1) is 12.6. The minimum Gasteiger partial charge on any atom is -0.378 e. The third-order valence-corrected chi connectivity index (χ3v) is 2.87. The molecule has 1 aromatic heterocycles. The molecule has 0 radical (unpaired) electrons. The Hall–Kier alpha value is -1.90. The number of ether oxygens (including phenoxy) is 1. The van der Waals surface area contributed by atoms with Gasteiger partial charge in [-0.3, -0.25) is 0 Å². The molecule has 1 aromatic carbocycles. The Morgan fingerprint density at radius 1 is 1.44 bits per heavy atom. The molecule has 18 heavy (non-hydrogen) atoms. The van der Waals surface area contributed by atoms with Crippen LogP contribution in [-0.2, 0) is 17.9 Å². The summed E-state index contributed by atoms with van der Waals surface area (Å²) in [5.41, 5.74) is 1.86. The molecule has 0 bridgehead atoms. The summed E-state index contributed by atoms with van der Waals surface area (Å²) >= 11 is 6.09. The molecule has 0 N–H and O–H groups in total. The van der Waals surface area contributed by atoms with Crippen molar-refractivity contribution in [2.75, 3.05) is 7.11 Å². The smallest absolute Gasteiger partial charge is 0.188 e. The fraction of sp³-hybridized carbons (Fsp3) is 0.250. The third-order valence-electron chi connectivity index (χ3n) is 2.50. The maximum Gasteiger partial charge on any atom is 0.188 e. The Morgan fingerprint density at radius 2 is 2.22 bits per heavy atom. The highest BCUT2D eigenvalue weighted by molar-refractivity contribution is 6.31. The SMILES string of the molecule is COCc1c(C#N)nnn1Cc1ccccc1Cl. The van der Waals surface area contributed by atoms with Crippen LogP contribution in [0.15, 0.2) is 24.3 Å². The predicted molar refractivity (Wildman–Crippen MR) is 66.0 cm³/mol. The van der Waals surface area contributed by atoms with Crippen LogP contribution in [0.25, 0.3) is 0 Å². The molecule has 0 unspecified atom stereocenters. The standard InChI is InChI=1S/C12H11ClN4O/c1-18-8-12-11(6-14)15-16-17(12)7-9-4-2-3-5-10(9)13/h2-5H,7-8H2,1H3. The molecule has 0 fully saturated rings. The van der Waals surface area contributed by atoms with Crippen molar-refractivity contribution in [3.05, 3.63) is 46.2 Å². The highest BCUT2D eigenvalue weighted by Gasteiger charge is 2.13. The van der Waals surface area contributed by atoms with Gasteiger partial charge in [0.05, 0.1) is 13.2 Å². The van der Waals surface area contributed by atoms with E-state index in [1.165, 1.54) is 0 Å². The first-order valence-electron chi connectivity index (χ1n) is 5.31. The van der Waals surface area contributed by atoms with Gasteiger partial charge in [-0.05, 0) is 11.6 Å². The lowest BCUT2D eigenvalue weighted by Gasteiger charge is -2.07. The van der Waals surface area contributed by atoms with Crippen molar-refractivity contribution < 1.29 is 4.74 Å². The molecule has 0 aliphatic carbocycles. The topological polar surface area (TPSA) is 63.7 Å². The molecule has 2 rings (SSSR count). The van der Waals surface area contributed by atoms with Crippen LogP contribution in [0.4, 0.5) is 0 Å². The molecule has 1 heterocycles. The molecule has 0 spiro atoms. The van der Waals surface area contributed by atoms with Gasteiger partial charge in [0.2, 0.25) is 0 Å². The zero-order valence-electron chi connectivity index (χ0n) is 9.80. The van der Waals surface area contributed by atoms with Crippen molar-refractivity contribution in [3.63, 3.8) is 0 Å². The highest BCUT2D eigenvalue weighted by Crippen LogP contribution is 2.17. The van der Waals surface area contributed by atoms with Gasteiger partial charge < -0.3 is 4.74 Å². The molecule has 0 saturated heterocycles. The molecule has 92 valence electrons. The number of nitriles is 1. The lowest BCUT2D eigenvalue weighted by molar-refractivity contribution is 0.177. The van der Waals surface area contributed by atoms with Gasteiger partial charge in [-0.25, -0.2) is 4.68 Å². The van der Waals surface area contributed by atoms with Crippen molar-refractivity contribution in [2.24, 2.45) is 0 Å². The van der Waals surface area contributed by atoms with E-state index in [0.29, 0.717) is 23.9 Å². The van der Waals surface area contributed by atoms with Crippen LogP contribution in [0.3, 0.4) is 0 Å². The second-order valence-corrected chi connectivity index (χ2v) is 4.09. The average Bonchev–Trinajstić information content (AvgIpc) is 2.75. The van der Waals surface area contributed by atoms with Crippen molar-refractivity contribution in [1.82, 2.24) is 15.0 Å². The minimum atomic E-state index is 0.281. The van der Waals surface area contributed by atoms with Gasteiger partial charge in [0.25, 0.3) is 0 Å². The van der Waals surface area contributed by atoms with Crippen molar-refractivity contribution in [3.8, 4) is 6.07 Å². The molecule has 6 heteroatoms. The Balaban J connectivity index is 2.32. The molecule has 0 atom stereocenters. The maximum absolute atomic E-state index is 8.93. The van der Waals surface area contributed by atoms with Crippen LogP contribution in [0.5, 0.6) is 0 Å². The van der Waals surface area contributed by atoms with Crippen LogP contribution in [0, 0.1) is 11.3 Å². The van der Waals surface area contributed by atoms with Gasteiger partial charge in [0.1, 0.15) is 11.8 Å². The van der Waals surface area contributed by atoms with Crippen LogP contribution in [0.2, 0.25) is 5.02 Å². The van der Waals surface area contributed by atoms with E-state index in [4.69, 9.17) is 21.6 Å². The quantitative estimate of drug-likeness (QED) is 0.845.